The summed E-state index contributed by atoms with van der Waals surface area (Å²) in [7, 11) is -1.83. The average molecular weight is 283 g/mol. The molecule has 1 aliphatic carbocycles. The first-order valence-electron chi connectivity index (χ1n) is 6.64. The summed E-state index contributed by atoms with van der Waals surface area (Å²) in [5.74, 6) is 0.499. The summed E-state index contributed by atoms with van der Waals surface area (Å²) in [4.78, 5) is 4.21. The van der Waals surface area contributed by atoms with E-state index in [9.17, 15) is 8.42 Å². The van der Waals surface area contributed by atoms with E-state index in [1.165, 1.54) is 10.5 Å². The molecule has 5 nitrogen and oxygen atoms in total. The second kappa shape index (κ2) is 5.46. The predicted octanol–water partition coefficient (Wildman–Crippen LogP) is 1.93. The number of pyridine rings is 1. The molecule has 1 atom stereocenters. The van der Waals surface area contributed by atoms with Crippen molar-refractivity contribution in [2.75, 3.05) is 18.9 Å². The summed E-state index contributed by atoms with van der Waals surface area (Å²) < 4.78 is 26.8. The number of anilines is 1. The molecule has 2 rings (SSSR count). The fraction of sp³-hybridized carbons (Fsp3) is 0.615. The third kappa shape index (κ3) is 2.90. The smallest absolute Gasteiger partial charge is 0.246 e. The van der Waals surface area contributed by atoms with E-state index in [4.69, 9.17) is 0 Å². The van der Waals surface area contributed by atoms with E-state index in [1.54, 1.807) is 19.3 Å². The molecule has 0 amide bonds. The molecule has 0 bridgehead atoms. The van der Waals surface area contributed by atoms with Crippen LogP contribution in [0, 0.1) is 5.92 Å². The first-order valence-corrected chi connectivity index (χ1v) is 8.08. The van der Waals surface area contributed by atoms with Crippen LogP contribution in [-0.2, 0) is 10.0 Å². The van der Waals surface area contributed by atoms with Crippen LogP contribution in [0.4, 0.5) is 5.69 Å². The van der Waals surface area contributed by atoms with Crippen LogP contribution in [0.15, 0.2) is 23.4 Å². The van der Waals surface area contributed by atoms with Crippen LogP contribution in [0.3, 0.4) is 0 Å². The number of nitrogens with one attached hydrogen (secondary N) is 1. The number of rotatable bonds is 6. The molecule has 6 heteroatoms. The first kappa shape index (κ1) is 14.3. The van der Waals surface area contributed by atoms with Crippen molar-refractivity contribution in [1.82, 2.24) is 9.29 Å². The Kier molecular flexibility index (Phi) is 4.10. The summed E-state index contributed by atoms with van der Waals surface area (Å²) in [5, 5.41) is 3.08. The topological polar surface area (TPSA) is 62.3 Å². The van der Waals surface area contributed by atoms with Gasteiger partial charge in [-0.25, -0.2) is 8.42 Å². The van der Waals surface area contributed by atoms with Crippen molar-refractivity contribution in [2.45, 2.75) is 37.6 Å². The van der Waals surface area contributed by atoms with Gasteiger partial charge in [0.05, 0.1) is 5.69 Å². The highest BCUT2D eigenvalue weighted by Gasteiger charge is 2.36. The standard InChI is InChI=1S/C13H21N3O2S/c1-4-15-12-7-8-14-9-13(12)19(17,18)16(3)10(2)11-5-6-11/h7-11H,4-6H2,1-3H3,(H,14,15). The van der Waals surface area contributed by atoms with Crippen molar-refractivity contribution in [3.05, 3.63) is 18.5 Å². The molecule has 0 aliphatic heterocycles. The number of hydrogen-bond acceptors (Lipinski definition) is 4. The van der Waals surface area contributed by atoms with Gasteiger partial charge in [0.15, 0.2) is 0 Å². The average Bonchev–Trinajstić information content (AvgIpc) is 3.22. The molecule has 1 fully saturated rings. The molecule has 106 valence electrons. The molecular weight excluding hydrogens is 262 g/mol. The van der Waals surface area contributed by atoms with Crippen molar-refractivity contribution in [2.24, 2.45) is 5.92 Å². The molecule has 1 aromatic heterocycles. The van der Waals surface area contributed by atoms with Gasteiger partial charge in [-0.15, -0.1) is 0 Å². The van der Waals surface area contributed by atoms with Gasteiger partial charge in [0.2, 0.25) is 10.0 Å². The van der Waals surface area contributed by atoms with Crippen LogP contribution in [0.1, 0.15) is 26.7 Å². The molecule has 0 aromatic carbocycles. The lowest BCUT2D eigenvalue weighted by Gasteiger charge is -2.25. The van der Waals surface area contributed by atoms with Gasteiger partial charge in [-0.3, -0.25) is 4.98 Å². The fourth-order valence-electron chi connectivity index (χ4n) is 2.17. The highest BCUT2D eigenvalue weighted by Crippen LogP contribution is 2.37. The van der Waals surface area contributed by atoms with Gasteiger partial charge in [-0.05, 0) is 38.7 Å². The zero-order valence-electron chi connectivity index (χ0n) is 11.6. The number of sulfonamides is 1. The molecule has 1 aliphatic rings. The molecule has 19 heavy (non-hydrogen) atoms. The van der Waals surface area contributed by atoms with E-state index >= 15 is 0 Å². The SMILES string of the molecule is CCNc1ccncc1S(=O)(=O)N(C)C(C)C1CC1. The lowest BCUT2D eigenvalue weighted by molar-refractivity contribution is 0.357. The van der Waals surface area contributed by atoms with E-state index in [1.807, 2.05) is 13.8 Å². The molecule has 1 unspecified atom stereocenters. The molecule has 1 saturated carbocycles. The lowest BCUT2D eigenvalue weighted by atomic mass is 10.2. The molecule has 0 radical (unpaired) electrons. The van der Waals surface area contributed by atoms with E-state index < -0.39 is 10.0 Å². The van der Waals surface area contributed by atoms with Crippen molar-refractivity contribution < 1.29 is 8.42 Å². The second-order valence-corrected chi connectivity index (χ2v) is 6.97. The minimum Gasteiger partial charge on any atom is -0.384 e. The first-order chi connectivity index (χ1) is 8.98. The van der Waals surface area contributed by atoms with Gasteiger partial charge >= 0.3 is 0 Å². The highest BCUT2D eigenvalue weighted by molar-refractivity contribution is 7.89. The maximum atomic E-state index is 12.6. The van der Waals surface area contributed by atoms with Crippen LogP contribution >= 0.6 is 0 Å². The van der Waals surface area contributed by atoms with Gasteiger partial charge in [0.25, 0.3) is 0 Å². The largest absolute Gasteiger partial charge is 0.384 e. The van der Waals surface area contributed by atoms with E-state index in [0.29, 0.717) is 18.2 Å². The zero-order valence-corrected chi connectivity index (χ0v) is 12.4. The van der Waals surface area contributed by atoms with Crippen LogP contribution in [0.5, 0.6) is 0 Å². The predicted molar refractivity (Wildman–Crippen MR) is 75.5 cm³/mol. The monoisotopic (exact) mass is 283 g/mol. The minimum atomic E-state index is -3.49. The Morgan fingerprint density at radius 3 is 2.79 bits per heavy atom. The Bertz CT molecular complexity index is 541. The van der Waals surface area contributed by atoms with Crippen molar-refractivity contribution >= 4 is 15.7 Å². The Labute approximate surface area is 115 Å². The van der Waals surface area contributed by atoms with Gasteiger partial charge in [0, 0.05) is 32.0 Å². The zero-order chi connectivity index (χ0) is 14.0. The summed E-state index contributed by atoms with van der Waals surface area (Å²) >= 11 is 0. The molecule has 1 N–H and O–H groups in total. The van der Waals surface area contributed by atoms with Crippen LogP contribution in [-0.4, -0.2) is 37.3 Å². The van der Waals surface area contributed by atoms with Gasteiger partial charge in [-0.1, -0.05) is 0 Å². The Hall–Kier alpha value is -1.14. The Morgan fingerprint density at radius 1 is 1.53 bits per heavy atom. The third-order valence-corrected chi connectivity index (χ3v) is 5.66. The van der Waals surface area contributed by atoms with Crippen LogP contribution in [0.2, 0.25) is 0 Å². The van der Waals surface area contributed by atoms with E-state index in [2.05, 4.69) is 10.3 Å². The lowest BCUT2D eigenvalue weighted by Crippen LogP contribution is -2.36. The Morgan fingerprint density at radius 2 is 2.21 bits per heavy atom. The summed E-state index contributed by atoms with van der Waals surface area (Å²) in [6, 6.07) is 1.74. The number of aromatic nitrogens is 1. The van der Waals surface area contributed by atoms with Crippen molar-refractivity contribution in [3.8, 4) is 0 Å². The summed E-state index contributed by atoms with van der Waals surface area (Å²) in [6.45, 7) is 4.58. The van der Waals surface area contributed by atoms with Crippen LogP contribution in [0.25, 0.3) is 0 Å². The third-order valence-electron chi connectivity index (χ3n) is 3.69. The van der Waals surface area contributed by atoms with Gasteiger partial charge in [0.1, 0.15) is 4.90 Å². The maximum absolute atomic E-state index is 12.6. The Balaban J connectivity index is 2.32. The maximum Gasteiger partial charge on any atom is 0.246 e. The van der Waals surface area contributed by atoms with Crippen molar-refractivity contribution in [1.29, 1.82) is 0 Å². The molecule has 0 saturated heterocycles. The highest BCUT2D eigenvalue weighted by atomic mass is 32.2. The summed E-state index contributed by atoms with van der Waals surface area (Å²) in [5.41, 5.74) is 0.618. The normalized spacial score (nSPS) is 17.5. The number of nitrogens with zero attached hydrogens (tertiary/aromatic N) is 2. The quantitative estimate of drug-likeness (QED) is 0.866. The van der Waals surface area contributed by atoms with Crippen molar-refractivity contribution in [3.63, 3.8) is 0 Å². The molecular formula is C13H21N3O2S. The second-order valence-electron chi connectivity index (χ2n) is 5.00. The molecule has 1 aromatic rings. The van der Waals surface area contributed by atoms with Gasteiger partial charge in [-0.2, -0.15) is 4.31 Å². The molecule has 0 spiro atoms. The fourth-order valence-corrected chi connectivity index (χ4v) is 3.70. The minimum absolute atomic E-state index is 0.0414. The van der Waals surface area contributed by atoms with E-state index in [0.717, 1.165) is 12.8 Å². The number of hydrogen-bond donors (Lipinski definition) is 1. The van der Waals surface area contributed by atoms with E-state index in [-0.39, 0.29) is 10.9 Å². The van der Waals surface area contributed by atoms with Gasteiger partial charge < -0.3 is 5.32 Å². The molecule has 1 heterocycles. The summed E-state index contributed by atoms with van der Waals surface area (Å²) in [6.07, 6.45) is 5.26. The van der Waals surface area contributed by atoms with Crippen LogP contribution < -0.4 is 5.32 Å².